The lowest BCUT2D eigenvalue weighted by atomic mass is 10.1. The van der Waals surface area contributed by atoms with Crippen molar-refractivity contribution in [3.05, 3.63) is 63.9 Å². The van der Waals surface area contributed by atoms with Crippen LogP contribution in [0.2, 0.25) is 0 Å². The minimum Gasteiger partial charge on any atom is -0.356 e. The summed E-state index contributed by atoms with van der Waals surface area (Å²) in [6.07, 6.45) is 7.11. The van der Waals surface area contributed by atoms with Gasteiger partial charge in [-0.15, -0.1) is 35.3 Å². The second-order valence-corrected chi connectivity index (χ2v) is 7.75. The van der Waals surface area contributed by atoms with Gasteiger partial charge in [-0.25, -0.2) is 9.67 Å². The van der Waals surface area contributed by atoms with Crippen molar-refractivity contribution < 1.29 is 0 Å². The van der Waals surface area contributed by atoms with Gasteiger partial charge in [-0.2, -0.15) is 5.10 Å². The molecule has 0 aliphatic rings. The minimum absolute atomic E-state index is 0. The van der Waals surface area contributed by atoms with Gasteiger partial charge in [0.15, 0.2) is 5.96 Å². The predicted octanol–water partition coefficient (Wildman–Crippen LogP) is 4.12. The summed E-state index contributed by atoms with van der Waals surface area (Å²) in [4.78, 5) is 10.0. The first-order valence-corrected chi connectivity index (χ1v) is 10.5. The lowest BCUT2D eigenvalue weighted by Gasteiger charge is -2.10. The van der Waals surface area contributed by atoms with Crippen molar-refractivity contribution >= 4 is 41.3 Å². The summed E-state index contributed by atoms with van der Waals surface area (Å²) in [5, 5.41) is 12.4. The molecular formula is C21H29IN6S. The second kappa shape index (κ2) is 11.9. The molecule has 0 atom stereocenters. The van der Waals surface area contributed by atoms with E-state index in [0.717, 1.165) is 48.2 Å². The van der Waals surface area contributed by atoms with E-state index in [1.807, 2.05) is 29.1 Å². The highest BCUT2D eigenvalue weighted by molar-refractivity contribution is 14.0. The molecule has 0 aliphatic carbocycles. The van der Waals surface area contributed by atoms with Crippen LogP contribution >= 0.6 is 35.3 Å². The van der Waals surface area contributed by atoms with Crippen LogP contribution in [-0.4, -0.2) is 34.3 Å². The van der Waals surface area contributed by atoms with Gasteiger partial charge in [-0.3, -0.25) is 4.99 Å². The number of guanidine groups is 1. The van der Waals surface area contributed by atoms with Crippen LogP contribution in [0.15, 0.2) is 47.7 Å². The Morgan fingerprint density at radius 3 is 2.69 bits per heavy atom. The van der Waals surface area contributed by atoms with E-state index < -0.39 is 0 Å². The highest BCUT2D eigenvalue weighted by atomic mass is 127. The highest BCUT2D eigenvalue weighted by Crippen LogP contribution is 2.14. The number of aromatic nitrogens is 3. The first-order chi connectivity index (χ1) is 13.7. The predicted molar refractivity (Wildman–Crippen MR) is 132 cm³/mol. The molecule has 29 heavy (non-hydrogen) atoms. The SMILES string of the molecule is CCc1cnc(CNC(=NC)NCCCc2cn(-c3ccccc3)nc2C)s1.I. The van der Waals surface area contributed by atoms with E-state index in [1.54, 1.807) is 18.4 Å². The molecule has 156 valence electrons. The van der Waals surface area contributed by atoms with Gasteiger partial charge in [0.2, 0.25) is 0 Å². The molecule has 2 N–H and O–H groups in total. The Bertz CT molecular complexity index is 903. The standard InChI is InChI=1S/C21H28N6S.HI/c1-4-19-13-24-20(28-19)14-25-21(22-3)23-12-8-9-17-15-27(26-16(17)2)18-10-6-5-7-11-18;/h5-7,10-11,13,15H,4,8-9,12,14H2,1-3H3,(H2,22,23,25);1H. The first-order valence-electron chi connectivity index (χ1n) is 9.68. The molecule has 3 rings (SSSR count). The van der Waals surface area contributed by atoms with E-state index in [1.165, 1.54) is 10.4 Å². The summed E-state index contributed by atoms with van der Waals surface area (Å²) in [5.74, 6) is 0.810. The summed E-state index contributed by atoms with van der Waals surface area (Å²) in [7, 11) is 1.79. The molecule has 0 aliphatic heterocycles. The smallest absolute Gasteiger partial charge is 0.191 e. The van der Waals surface area contributed by atoms with Crippen molar-refractivity contribution in [3.8, 4) is 5.69 Å². The molecule has 0 fully saturated rings. The van der Waals surface area contributed by atoms with E-state index in [0.29, 0.717) is 6.54 Å². The molecular weight excluding hydrogens is 495 g/mol. The number of para-hydroxylation sites is 1. The number of thiazole rings is 1. The Kier molecular flexibility index (Phi) is 9.59. The van der Waals surface area contributed by atoms with Gasteiger partial charge in [-0.1, -0.05) is 25.1 Å². The van der Waals surface area contributed by atoms with Crippen LogP contribution in [0.25, 0.3) is 5.69 Å². The van der Waals surface area contributed by atoms with Gasteiger partial charge >= 0.3 is 0 Å². The number of aryl methyl sites for hydroxylation is 3. The largest absolute Gasteiger partial charge is 0.356 e. The fourth-order valence-corrected chi connectivity index (χ4v) is 3.72. The third kappa shape index (κ3) is 6.81. The fraction of sp³-hybridized carbons (Fsp3) is 0.381. The summed E-state index contributed by atoms with van der Waals surface area (Å²) >= 11 is 1.75. The van der Waals surface area contributed by atoms with E-state index in [2.05, 4.69) is 57.9 Å². The molecule has 0 unspecified atom stereocenters. The minimum atomic E-state index is 0. The number of nitrogens with zero attached hydrogens (tertiary/aromatic N) is 4. The molecule has 8 heteroatoms. The molecule has 0 amide bonds. The lowest BCUT2D eigenvalue weighted by molar-refractivity contribution is 0.739. The van der Waals surface area contributed by atoms with E-state index in [9.17, 15) is 0 Å². The number of benzene rings is 1. The van der Waals surface area contributed by atoms with E-state index >= 15 is 0 Å². The number of hydrogen-bond donors (Lipinski definition) is 2. The number of halogens is 1. The van der Waals surface area contributed by atoms with Gasteiger partial charge < -0.3 is 10.6 Å². The molecule has 2 aromatic heterocycles. The van der Waals surface area contributed by atoms with Crippen molar-refractivity contribution in [2.45, 2.75) is 39.7 Å². The van der Waals surface area contributed by atoms with E-state index in [4.69, 9.17) is 0 Å². The molecule has 0 saturated heterocycles. The van der Waals surface area contributed by atoms with Gasteiger partial charge in [-0.05, 0) is 43.9 Å². The van der Waals surface area contributed by atoms with Gasteiger partial charge in [0.25, 0.3) is 0 Å². The molecule has 3 aromatic rings. The second-order valence-electron chi connectivity index (χ2n) is 6.55. The fourth-order valence-electron chi connectivity index (χ4n) is 2.91. The highest BCUT2D eigenvalue weighted by Gasteiger charge is 2.07. The van der Waals surface area contributed by atoms with Crippen molar-refractivity contribution in [2.75, 3.05) is 13.6 Å². The number of rotatable bonds is 8. The summed E-state index contributed by atoms with van der Waals surface area (Å²) in [6.45, 7) is 5.78. The van der Waals surface area contributed by atoms with Crippen LogP contribution in [0.4, 0.5) is 0 Å². The molecule has 1 aromatic carbocycles. The van der Waals surface area contributed by atoms with Gasteiger partial charge in [0.1, 0.15) is 5.01 Å². The quantitative estimate of drug-likeness (QED) is 0.202. The van der Waals surface area contributed by atoms with Crippen molar-refractivity contribution in [3.63, 3.8) is 0 Å². The molecule has 0 bridgehead atoms. The van der Waals surface area contributed by atoms with Crippen LogP contribution in [-0.2, 0) is 19.4 Å². The number of hydrogen-bond acceptors (Lipinski definition) is 4. The monoisotopic (exact) mass is 524 g/mol. The molecule has 0 spiro atoms. The van der Waals surface area contributed by atoms with Crippen LogP contribution in [0.1, 0.15) is 34.5 Å². The Hall–Kier alpha value is -1.94. The molecule has 6 nitrogen and oxygen atoms in total. The third-order valence-electron chi connectivity index (χ3n) is 4.52. The average Bonchev–Trinajstić information content (AvgIpc) is 3.34. The third-order valence-corrected chi connectivity index (χ3v) is 5.66. The summed E-state index contributed by atoms with van der Waals surface area (Å²) < 4.78 is 1.96. The van der Waals surface area contributed by atoms with Crippen molar-refractivity contribution in [2.24, 2.45) is 4.99 Å². The van der Waals surface area contributed by atoms with Crippen molar-refractivity contribution in [1.29, 1.82) is 0 Å². The topological polar surface area (TPSA) is 67.1 Å². The summed E-state index contributed by atoms with van der Waals surface area (Å²) in [5.41, 5.74) is 3.46. The Balaban J connectivity index is 0.00000300. The van der Waals surface area contributed by atoms with Crippen LogP contribution in [0.5, 0.6) is 0 Å². The zero-order valence-electron chi connectivity index (χ0n) is 17.2. The molecule has 2 heterocycles. The van der Waals surface area contributed by atoms with Crippen LogP contribution in [0.3, 0.4) is 0 Å². The maximum absolute atomic E-state index is 4.64. The van der Waals surface area contributed by atoms with E-state index in [-0.39, 0.29) is 24.0 Å². The normalized spacial score (nSPS) is 11.2. The zero-order valence-corrected chi connectivity index (χ0v) is 20.3. The lowest BCUT2D eigenvalue weighted by Crippen LogP contribution is -2.37. The Morgan fingerprint density at radius 2 is 2.00 bits per heavy atom. The zero-order chi connectivity index (χ0) is 19.8. The number of nitrogens with one attached hydrogen (secondary N) is 2. The van der Waals surface area contributed by atoms with Crippen molar-refractivity contribution in [1.82, 2.24) is 25.4 Å². The summed E-state index contributed by atoms with van der Waals surface area (Å²) in [6, 6.07) is 10.2. The number of aliphatic imine (C=N–C) groups is 1. The maximum Gasteiger partial charge on any atom is 0.191 e. The van der Waals surface area contributed by atoms with Crippen LogP contribution < -0.4 is 10.6 Å². The first kappa shape index (κ1) is 23.3. The maximum atomic E-state index is 4.64. The van der Waals surface area contributed by atoms with Gasteiger partial charge in [0, 0.05) is 30.9 Å². The van der Waals surface area contributed by atoms with Crippen LogP contribution in [0, 0.1) is 6.92 Å². The average molecular weight is 524 g/mol. The molecule has 0 saturated carbocycles. The Morgan fingerprint density at radius 1 is 1.21 bits per heavy atom. The van der Waals surface area contributed by atoms with Gasteiger partial charge in [0.05, 0.1) is 17.9 Å². The molecule has 0 radical (unpaired) electrons. The Labute approximate surface area is 193 Å².